The Hall–Kier alpha value is -1.83. The predicted octanol–water partition coefficient (Wildman–Crippen LogP) is -1.99. The first-order valence-corrected chi connectivity index (χ1v) is 5.21. The predicted molar refractivity (Wildman–Crippen MR) is 56.2 cm³/mol. The van der Waals surface area contributed by atoms with Crippen molar-refractivity contribution in [1.82, 2.24) is 16.0 Å². The average Bonchev–Trinajstić information content (AvgIpc) is 2.63. The fraction of sp³-hybridized carbons (Fsp3) is 0.667. The van der Waals surface area contributed by atoms with Crippen LogP contribution < -0.4 is 16.0 Å². The maximum atomic E-state index is 11.3. The van der Waals surface area contributed by atoms with Crippen LogP contribution >= 0.6 is 0 Å². The zero-order chi connectivity index (χ0) is 12.8. The number of nitrogens with one attached hydrogen (secondary N) is 3. The SMILES string of the molecule is O=C1CC(NC(=O)NCC[C@H](O)C(=O)O)CN1. The first-order chi connectivity index (χ1) is 7.99. The van der Waals surface area contributed by atoms with Crippen LogP contribution in [0.3, 0.4) is 0 Å². The molecule has 1 saturated heterocycles. The van der Waals surface area contributed by atoms with Crippen molar-refractivity contribution in [2.24, 2.45) is 0 Å². The maximum absolute atomic E-state index is 11.3. The zero-order valence-corrected chi connectivity index (χ0v) is 9.10. The van der Waals surface area contributed by atoms with Crippen molar-refractivity contribution in [1.29, 1.82) is 0 Å². The number of carboxylic acid groups (broad SMARTS) is 1. The third-order valence-corrected chi connectivity index (χ3v) is 2.30. The molecule has 0 radical (unpaired) electrons. The number of carboxylic acids is 1. The highest BCUT2D eigenvalue weighted by atomic mass is 16.4. The maximum Gasteiger partial charge on any atom is 0.332 e. The van der Waals surface area contributed by atoms with Gasteiger partial charge in [0.2, 0.25) is 5.91 Å². The number of carbonyl (C=O) groups is 3. The molecule has 0 saturated carbocycles. The van der Waals surface area contributed by atoms with Gasteiger partial charge in [0, 0.05) is 25.9 Å². The van der Waals surface area contributed by atoms with Gasteiger partial charge in [0.25, 0.3) is 0 Å². The quantitative estimate of drug-likeness (QED) is 0.383. The highest BCUT2D eigenvalue weighted by Crippen LogP contribution is 1.98. The van der Waals surface area contributed by atoms with E-state index in [1.807, 2.05) is 0 Å². The lowest BCUT2D eigenvalue weighted by molar-refractivity contribution is -0.146. The molecule has 1 rings (SSSR count). The summed E-state index contributed by atoms with van der Waals surface area (Å²) in [6.45, 7) is 0.442. The van der Waals surface area contributed by atoms with Gasteiger partial charge in [0.1, 0.15) is 0 Å². The molecule has 3 amide bonds. The Bertz CT molecular complexity index is 320. The lowest BCUT2D eigenvalue weighted by Gasteiger charge is -2.12. The molecule has 2 atom stereocenters. The van der Waals surface area contributed by atoms with Gasteiger partial charge in [0.15, 0.2) is 6.10 Å². The molecule has 8 heteroatoms. The topological polar surface area (TPSA) is 128 Å². The lowest BCUT2D eigenvalue weighted by atomic mass is 10.2. The van der Waals surface area contributed by atoms with Gasteiger partial charge in [-0.2, -0.15) is 0 Å². The van der Waals surface area contributed by atoms with Crippen molar-refractivity contribution in [2.75, 3.05) is 13.1 Å². The number of amides is 3. The van der Waals surface area contributed by atoms with Crippen LogP contribution in [0.1, 0.15) is 12.8 Å². The van der Waals surface area contributed by atoms with E-state index in [-0.39, 0.29) is 31.3 Å². The summed E-state index contributed by atoms with van der Waals surface area (Å²) < 4.78 is 0. The second-order valence-electron chi connectivity index (χ2n) is 3.75. The van der Waals surface area contributed by atoms with Gasteiger partial charge < -0.3 is 26.2 Å². The van der Waals surface area contributed by atoms with Gasteiger partial charge in [0.05, 0.1) is 6.04 Å². The molecule has 17 heavy (non-hydrogen) atoms. The monoisotopic (exact) mass is 245 g/mol. The number of hydrogen-bond donors (Lipinski definition) is 5. The van der Waals surface area contributed by atoms with Crippen LogP contribution in [-0.2, 0) is 9.59 Å². The number of aliphatic carboxylic acids is 1. The van der Waals surface area contributed by atoms with Crippen molar-refractivity contribution >= 4 is 17.9 Å². The molecule has 1 aliphatic heterocycles. The van der Waals surface area contributed by atoms with Crippen molar-refractivity contribution in [3.8, 4) is 0 Å². The van der Waals surface area contributed by atoms with Gasteiger partial charge in [-0.25, -0.2) is 9.59 Å². The summed E-state index contributed by atoms with van der Waals surface area (Å²) in [6, 6.07) is -0.726. The molecule has 1 aliphatic rings. The number of carbonyl (C=O) groups excluding carboxylic acids is 2. The number of hydrogen-bond acceptors (Lipinski definition) is 4. The van der Waals surface area contributed by atoms with Gasteiger partial charge in [-0.05, 0) is 0 Å². The molecule has 1 unspecified atom stereocenters. The van der Waals surface area contributed by atoms with Crippen LogP contribution in [-0.4, -0.2) is 53.4 Å². The number of rotatable bonds is 5. The van der Waals surface area contributed by atoms with Crippen molar-refractivity contribution in [3.63, 3.8) is 0 Å². The molecule has 0 spiro atoms. The molecule has 1 heterocycles. The van der Waals surface area contributed by atoms with Gasteiger partial charge in [-0.15, -0.1) is 0 Å². The van der Waals surface area contributed by atoms with E-state index in [4.69, 9.17) is 10.2 Å². The zero-order valence-electron chi connectivity index (χ0n) is 9.10. The molecule has 0 bridgehead atoms. The van der Waals surface area contributed by atoms with Crippen LogP contribution in [0.25, 0.3) is 0 Å². The van der Waals surface area contributed by atoms with Gasteiger partial charge >= 0.3 is 12.0 Å². The minimum Gasteiger partial charge on any atom is -0.479 e. The van der Waals surface area contributed by atoms with E-state index in [0.717, 1.165) is 0 Å². The summed E-state index contributed by atoms with van der Waals surface area (Å²) in [5, 5.41) is 24.8. The van der Waals surface area contributed by atoms with Crippen molar-refractivity contribution < 1.29 is 24.6 Å². The average molecular weight is 245 g/mol. The summed E-state index contributed by atoms with van der Waals surface area (Å²) in [5.74, 6) is -1.44. The molecule has 0 aromatic carbocycles. The van der Waals surface area contributed by atoms with Gasteiger partial charge in [-0.1, -0.05) is 0 Å². The van der Waals surface area contributed by atoms with Crippen molar-refractivity contribution in [2.45, 2.75) is 25.0 Å². The van der Waals surface area contributed by atoms with Crippen molar-refractivity contribution in [3.05, 3.63) is 0 Å². The first kappa shape index (κ1) is 13.2. The molecular formula is C9H15N3O5. The van der Waals surface area contributed by atoms with E-state index in [1.54, 1.807) is 0 Å². The normalized spacial score (nSPS) is 20.5. The highest BCUT2D eigenvalue weighted by molar-refractivity contribution is 5.81. The Kier molecular flexibility index (Phi) is 4.70. The van der Waals surface area contributed by atoms with E-state index < -0.39 is 18.1 Å². The molecule has 0 aromatic heterocycles. The molecule has 1 fully saturated rings. The molecule has 5 N–H and O–H groups in total. The standard InChI is InChI=1S/C9H15N3O5/c13-6(8(15)16)1-2-10-9(17)12-5-3-7(14)11-4-5/h5-6,13H,1-4H2,(H,11,14)(H,15,16)(H2,10,12,17)/t5?,6-/m0/s1. The Labute approximate surface area is 97.4 Å². The summed E-state index contributed by atoms with van der Waals surface area (Å²) in [6.07, 6.45) is -1.31. The third-order valence-electron chi connectivity index (χ3n) is 2.30. The summed E-state index contributed by atoms with van der Waals surface area (Å²) in [5.41, 5.74) is 0. The molecule has 0 aromatic rings. The fourth-order valence-electron chi connectivity index (χ4n) is 1.39. The van der Waals surface area contributed by atoms with E-state index in [9.17, 15) is 14.4 Å². The summed E-state index contributed by atoms with van der Waals surface area (Å²) in [4.78, 5) is 32.4. The van der Waals surface area contributed by atoms with Crippen LogP contribution in [0, 0.1) is 0 Å². The Morgan fingerprint density at radius 1 is 1.53 bits per heavy atom. The minimum absolute atomic E-state index is 0.0490. The summed E-state index contributed by atoms with van der Waals surface area (Å²) >= 11 is 0. The fourth-order valence-corrected chi connectivity index (χ4v) is 1.39. The van der Waals surface area contributed by atoms with E-state index in [1.165, 1.54) is 0 Å². The highest BCUT2D eigenvalue weighted by Gasteiger charge is 2.22. The van der Waals surface area contributed by atoms with Crippen LogP contribution in [0.5, 0.6) is 0 Å². The van der Waals surface area contributed by atoms with Crippen LogP contribution in [0.4, 0.5) is 4.79 Å². The Morgan fingerprint density at radius 2 is 2.24 bits per heavy atom. The third kappa shape index (κ3) is 4.68. The van der Waals surface area contributed by atoms with Crippen LogP contribution in [0.2, 0.25) is 0 Å². The number of aliphatic hydroxyl groups excluding tert-OH is 1. The second-order valence-corrected chi connectivity index (χ2v) is 3.75. The first-order valence-electron chi connectivity index (χ1n) is 5.21. The molecule has 0 aliphatic carbocycles. The van der Waals surface area contributed by atoms with E-state index in [2.05, 4.69) is 16.0 Å². The summed E-state index contributed by atoms with van der Waals surface area (Å²) in [7, 11) is 0. The van der Waals surface area contributed by atoms with Gasteiger partial charge in [-0.3, -0.25) is 4.79 Å². The molecular weight excluding hydrogens is 230 g/mol. The van der Waals surface area contributed by atoms with E-state index >= 15 is 0 Å². The second kappa shape index (κ2) is 6.04. The van der Waals surface area contributed by atoms with Crippen LogP contribution in [0.15, 0.2) is 0 Å². The number of urea groups is 1. The minimum atomic E-state index is -1.48. The van der Waals surface area contributed by atoms with E-state index in [0.29, 0.717) is 6.54 Å². The molecule has 96 valence electrons. The lowest BCUT2D eigenvalue weighted by Crippen LogP contribution is -2.44. The smallest absolute Gasteiger partial charge is 0.332 e. The molecule has 8 nitrogen and oxygen atoms in total. The Balaban J connectivity index is 2.13. The largest absolute Gasteiger partial charge is 0.479 e. The Morgan fingerprint density at radius 3 is 2.76 bits per heavy atom. The number of aliphatic hydroxyl groups is 1.